The Kier molecular flexibility index (Phi) is 4.85. The molecule has 7 heteroatoms. The molecule has 35 heavy (non-hydrogen) atoms. The van der Waals surface area contributed by atoms with E-state index in [-0.39, 0.29) is 6.61 Å². The number of nitrogens with two attached hydrogens (primary N) is 1. The Labute approximate surface area is 207 Å². The molecule has 6 bridgehead atoms. The van der Waals surface area contributed by atoms with Crippen molar-refractivity contribution in [3.63, 3.8) is 0 Å². The molecule has 5 aromatic rings. The molecule has 6 rings (SSSR count). The number of fused-ring (bicyclic) bond motifs is 6. The number of aromatic nitrogens is 3. The minimum absolute atomic E-state index is 0.282. The highest BCUT2D eigenvalue weighted by molar-refractivity contribution is 6.31. The lowest BCUT2D eigenvalue weighted by Gasteiger charge is -2.32. The number of halogens is 1. The van der Waals surface area contributed by atoms with Gasteiger partial charge < -0.3 is 15.0 Å². The van der Waals surface area contributed by atoms with Crippen molar-refractivity contribution in [2.75, 3.05) is 0 Å². The Hall–Kier alpha value is -4.18. The van der Waals surface area contributed by atoms with Crippen LogP contribution in [0.15, 0.2) is 79.3 Å². The maximum Gasteiger partial charge on any atom is 0.141 e. The molecule has 1 aliphatic heterocycles. The molecular formula is C28H20ClN5O. The topological polar surface area (TPSA) is 89.8 Å². The van der Waals surface area contributed by atoms with Crippen LogP contribution in [0.2, 0.25) is 5.02 Å². The minimum Gasteiger partial charge on any atom is -0.489 e. The summed E-state index contributed by atoms with van der Waals surface area (Å²) in [6, 6.07) is 23.6. The third-order valence-corrected chi connectivity index (χ3v) is 7.01. The second-order valence-electron chi connectivity index (χ2n) is 8.72. The number of imidazole rings is 1. The number of aryl methyl sites for hydroxylation is 1. The molecule has 0 radical (unpaired) electrons. The van der Waals surface area contributed by atoms with Gasteiger partial charge in [-0.3, -0.25) is 0 Å². The van der Waals surface area contributed by atoms with Gasteiger partial charge in [-0.1, -0.05) is 35.9 Å². The van der Waals surface area contributed by atoms with E-state index in [9.17, 15) is 5.26 Å². The van der Waals surface area contributed by atoms with Crippen molar-refractivity contribution in [2.24, 2.45) is 12.8 Å². The minimum atomic E-state index is -1.03. The van der Waals surface area contributed by atoms with E-state index in [1.165, 1.54) is 0 Å². The number of hydrogen-bond acceptors (Lipinski definition) is 5. The Balaban J connectivity index is 1.74. The highest BCUT2D eigenvalue weighted by Gasteiger charge is 2.35. The summed E-state index contributed by atoms with van der Waals surface area (Å²) in [5.74, 6) is 0.702. The van der Waals surface area contributed by atoms with Gasteiger partial charge in [-0.15, -0.1) is 0 Å². The van der Waals surface area contributed by atoms with Crippen molar-refractivity contribution in [3.05, 3.63) is 112 Å². The van der Waals surface area contributed by atoms with E-state index in [0.29, 0.717) is 22.0 Å². The zero-order valence-corrected chi connectivity index (χ0v) is 19.6. The summed E-state index contributed by atoms with van der Waals surface area (Å²) >= 11 is 6.57. The van der Waals surface area contributed by atoms with E-state index >= 15 is 0 Å². The zero-order valence-electron chi connectivity index (χ0n) is 18.9. The fourth-order valence-electron chi connectivity index (χ4n) is 4.81. The van der Waals surface area contributed by atoms with Gasteiger partial charge in [0.25, 0.3) is 0 Å². The monoisotopic (exact) mass is 477 g/mol. The number of benzene rings is 3. The molecule has 2 aromatic heterocycles. The SMILES string of the molecule is Cn1cncc1C1(N)c2ccc(Cl)c(c2)COc2cccc(c2)-c2cc(C#N)nc3ccc1cc23. The van der Waals surface area contributed by atoms with E-state index in [4.69, 9.17) is 22.1 Å². The fourth-order valence-corrected chi connectivity index (χ4v) is 4.98. The fraction of sp³-hybridized carbons (Fsp3) is 0.107. The van der Waals surface area contributed by atoms with Gasteiger partial charge in [0.15, 0.2) is 0 Å². The van der Waals surface area contributed by atoms with Crippen molar-refractivity contribution >= 4 is 22.5 Å². The third kappa shape index (κ3) is 3.36. The van der Waals surface area contributed by atoms with Gasteiger partial charge in [0.05, 0.1) is 23.7 Å². The van der Waals surface area contributed by atoms with Crippen LogP contribution in [0.5, 0.6) is 5.75 Å². The summed E-state index contributed by atoms with van der Waals surface area (Å²) < 4.78 is 8.08. The Bertz CT molecular complexity index is 1670. The molecule has 2 N–H and O–H groups in total. The molecule has 6 nitrogen and oxygen atoms in total. The second-order valence-corrected chi connectivity index (χ2v) is 9.13. The van der Waals surface area contributed by atoms with E-state index in [1.807, 2.05) is 72.3 Å². The van der Waals surface area contributed by atoms with E-state index in [2.05, 4.69) is 22.1 Å². The largest absolute Gasteiger partial charge is 0.489 e. The predicted molar refractivity (Wildman–Crippen MR) is 135 cm³/mol. The Morgan fingerprint density at radius 2 is 1.91 bits per heavy atom. The molecule has 0 aliphatic carbocycles. The average molecular weight is 478 g/mol. The normalized spacial score (nSPS) is 16.6. The quantitative estimate of drug-likeness (QED) is 0.353. The van der Waals surface area contributed by atoms with Crippen molar-refractivity contribution in [1.29, 1.82) is 5.26 Å². The molecule has 0 fully saturated rings. The first-order valence-electron chi connectivity index (χ1n) is 11.1. The number of nitriles is 1. The molecule has 3 heterocycles. The van der Waals surface area contributed by atoms with Gasteiger partial charge in [-0.05, 0) is 64.7 Å². The summed E-state index contributed by atoms with van der Waals surface area (Å²) in [6.45, 7) is 0.282. The lowest BCUT2D eigenvalue weighted by molar-refractivity contribution is 0.306. The molecule has 1 unspecified atom stereocenters. The van der Waals surface area contributed by atoms with Crippen LogP contribution in [0.4, 0.5) is 0 Å². The van der Waals surface area contributed by atoms with Crippen LogP contribution in [0.3, 0.4) is 0 Å². The second kappa shape index (κ2) is 7.95. The van der Waals surface area contributed by atoms with Gasteiger partial charge in [0, 0.05) is 23.0 Å². The highest BCUT2D eigenvalue weighted by atomic mass is 35.5. The van der Waals surface area contributed by atoms with Crippen molar-refractivity contribution < 1.29 is 4.74 Å². The smallest absolute Gasteiger partial charge is 0.141 e. The summed E-state index contributed by atoms with van der Waals surface area (Å²) in [5.41, 5.74) is 12.5. The molecule has 3 aromatic carbocycles. The Morgan fingerprint density at radius 1 is 1.09 bits per heavy atom. The molecular weight excluding hydrogens is 458 g/mol. The summed E-state index contributed by atoms with van der Waals surface area (Å²) in [6.07, 6.45) is 3.53. The van der Waals surface area contributed by atoms with E-state index < -0.39 is 5.54 Å². The maximum absolute atomic E-state index is 9.62. The Morgan fingerprint density at radius 3 is 2.71 bits per heavy atom. The zero-order chi connectivity index (χ0) is 24.2. The number of nitrogens with zero attached hydrogens (tertiary/aromatic N) is 4. The van der Waals surface area contributed by atoms with Gasteiger partial charge in [0.2, 0.25) is 0 Å². The van der Waals surface area contributed by atoms with Crippen LogP contribution in [0.1, 0.15) is 28.1 Å². The third-order valence-electron chi connectivity index (χ3n) is 6.64. The summed E-state index contributed by atoms with van der Waals surface area (Å²) in [7, 11) is 1.93. The number of rotatable bonds is 1. The van der Waals surface area contributed by atoms with Crippen LogP contribution in [0, 0.1) is 11.3 Å². The average Bonchev–Trinajstić information content (AvgIpc) is 3.32. The molecule has 0 saturated carbocycles. The van der Waals surface area contributed by atoms with Crippen LogP contribution < -0.4 is 10.5 Å². The molecule has 170 valence electrons. The van der Waals surface area contributed by atoms with E-state index in [0.717, 1.165) is 38.9 Å². The number of hydrogen-bond donors (Lipinski definition) is 1. The van der Waals surface area contributed by atoms with E-state index in [1.54, 1.807) is 12.5 Å². The van der Waals surface area contributed by atoms with Crippen LogP contribution in [-0.2, 0) is 19.2 Å². The van der Waals surface area contributed by atoms with Crippen LogP contribution in [0.25, 0.3) is 22.0 Å². The standard InChI is InChI=1S/C28H20ClN5O/c1-34-16-32-14-27(34)28(31)19-5-7-25(29)18(9-19)15-35-22-4-2-3-17(10-22)23-12-21(13-30)33-26-8-6-20(28)11-24(23)26/h2-12,14,16H,15,31H2,1H3. The summed E-state index contributed by atoms with van der Waals surface area (Å²) in [5, 5.41) is 11.1. The number of ether oxygens (including phenoxy) is 1. The van der Waals surface area contributed by atoms with Crippen molar-refractivity contribution in [2.45, 2.75) is 12.1 Å². The highest BCUT2D eigenvalue weighted by Crippen LogP contribution is 2.39. The lowest BCUT2D eigenvalue weighted by Crippen LogP contribution is -2.41. The van der Waals surface area contributed by atoms with Gasteiger partial charge in [-0.25, -0.2) is 9.97 Å². The first-order chi connectivity index (χ1) is 17.0. The summed E-state index contributed by atoms with van der Waals surface area (Å²) in [4.78, 5) is 8.90. The van der Waals surface area contributed by atoms with Crippen LogP contribution >= 0.6 is 11.6 Å². The van der Waals surface area contributed by atoms with Gasteiger partial charge >= 0.3 is 0 Å². The number of pyridine rings is 1. The first kappa shape index (κ1) is 21.4. The molecule has 1 atom stereocenters. The molecule has 0 saturated heterocycles. The lowest BCUT2D eigenvalue weighted by atomic mass is 9.79. The molecule has 1 aliphatic rings. The van der Waals surface area contributed by atoms with Gasteiger partial charge in [0.1, 0.15) is 29.7 Å². The predicted octanol–water partition coefficient (Wildman–Crippen LogP) is 5.30. The molecule has 0 amide bonds. The van der Waals surface area contributed by atoms with Crippen molar-refractivity contribution in [3.8, 4) is 22.9 Å². The maximum atomic E-state index is 9.62. The molecule has 0 spiro atoms. The first-order valence-corrected chi connectivity index (χ1v) is 11.5. The van der Waals surface area contributed by atoms with Crippen molar-refractivity contribution in [1.82, 2.24) is 14.5 Å². The van der Waals surface area contributed by atoms with Crippen LogP contribution in [-0.4, -0.2) is 14.5 Å². The van der Waals surface area contributed by atoms with Gasteiger partial charge in [-0.2, -0.15) is 5.26 Å².